The standard InChI is InChI=1S/C12H16N2O3/c1-12(2,7-15)6-13-8-3-4-9-10(5-8)17-11(16)14-9/h3-5,13,15H,6-7H2,1-2H3,(H,14,16). The van der Waals surface area contributed by atoms with E-state index in [4.69, 9.17) is 9.52 Å². The van der Waals surface area contributed by atoms with Gasteiger partial charge >= 0.3 is 5.76 Å². The van der Waals surface area contributed by atoms with Crippen LogP contribution in [0.4, 0.5) is 5.69 Å². The lowest BCUT2D eigenvalue weighted by atomic mass is 9.95. The van der Waals surface area contributed by atoms with Gasteiger partial charge in [-0.1, -0.05) is 13.8 Å². The first-order valence-corrected chi connectivity index (χ1v) is 5.48. The summed E-state index contributed by atoms with van der Waals surface area (Å²) in [6, 6.07) is 5.41. The molecule has 3 N–H and O–H groups in total. The van der Waals surface area contributed by atoms with Crippen LogP contribution in [0.25, 0.3) is 11.1 Å². The Kier molecular flexibility index (Phi) is 2.93. The summed E-state index contributed by atoms with van der Waals surface area (Å²) in [6.07, 6.45) is 0. The van der Waals surface area contributed by atoms with E-state index < -0.39 is 5.76 Å². The van der Waals surface area contributed by atoms with E-state index in [-0.39, 0.29) is 12.0 Å². The van der Waals surface area contributed by atoms with Crippen molar-refractivity contribution in [1.29, 1.82) is 0 Å². The number of aliphatic hydroxyl groups excluding tert-OH is 1. The number of aromatic nitrogens is 1. The third-order valence-electron chi connectivity index (χ3n) is 2.62. The SMILES string of the molecule is CC(C)(CO)CNc1ccc2[nH]c(=O)oc2c1. The van der Waals surface area contributed by atoms with E-state index in [0.29, 0.717) is 17.6 Å². The molecule has 0 aliphatic carbocycles. The van der Waals surface area contributed by atoms with Gasteiger partial charge < -0.3 is 14.8 Å². The second-order valence-electron chi connectivity index (χ2n) is 4.90. The number of aliphatic hydroxyl groups is 1. The van der Waals surface area contributed by atoms with Gasteiger partial charge in [-0.25, -0.2) is 4.79 Å². The second kappa shape index (κ2) is 4.25. The molecule has 17 heavy (non-hydrogen) atoms. The van der Waals surface area contributed by atoms with Gasteiger partial charge in [0.1, 0.15) is 0 Å². The number of benzene rings is 1. The fraction of sp³-hybridized carbons (Fsp3) is 0.417. The highest BCUT2D eigenvalue weighted by atomic mass is 16.4. The molecule has 0 bridgehead atoms. The third-order valence-corrected chi connectivity index (χ3v) is 2.62. The molecule has 1 heterocycles. The largest absolute Gasteiger partial charge is 0.417 e. The third kappa shape index (κ3) is 2.68. The first kappa shape index (κ1) is 11.7. The molecule has 5 nitrogen and oxygen atoms in total. The van der Waals surface area contributed by atoms with Gasteiger partial charge in [-0.3, -0.25) is 4.98 Å². The number of nitrogens with one attached hydrogen (secondary N) is 2. The molecule has 0 aliphatic rings. The topological polar surface area (TPSA) is 78.3 Å². The Morgan fingerprint density at radius 3 is 2.94 bits per heavy atom. The highest BCUT2D eigenvalue weighted by molar-refractivity contribution is 5.76. The van der Waals surface area contributed by atoms with Crippen molar-refractivity contribution in [3.8, 4) is 0 Å². The predicted octanol–water partition coefficient (Wildman–Crippen LogP) is 1.55. The minimum absolute atomic E-state index is 0.113. The molecule has 0 atom stereocenters. The molecule has 0 aliphatic heterocycles. The molecule has 0 fully saturated rings. The van der Waals surface area contributed by atoms with Crippen LogP contribution in [0.5, 0.6) is 0 Å². The van der Waals surface area contributed by atoms with Gasteiger partial charge in [-0.2, -0.15) is 0 Å². The summed E-state index contributed by atoms with van der Waals surface area (Å²) in [4.78, 5) is 13.6. The average molecular weight is 236 g/mol. The van der Waals surface area contributed by atoms with Gasteiger partial charge in [0.05, 0.1) is 5.52 Å². The van der Waals surface area contributed by atoms with Gasteiger partial charge in [0.25, 0.3) is 0 Å². The van der Waals surface area contributed by atoms with E-state index in [9.17, 15) is 4.79 Å². The number of rotatable bonds is 4. The van der Waals surface area contributed by atoms with Gasteiger partial charge in [0.15, 0.2) is 5.58 Å². The van der Waals surface area contributed by atoms with Crippen molar-refractivity contribution in [3.63, 3.8) is 0 Å². The summed E-state index contributed by atoms with van der Waals surface area (Å²) in [5, 5.41) is 12.3. The fourth-order valence-corrected chi connectivity index (χ4v) is 1.45. The first-order chi connectivity index (χ1) is 8.00. The van der Waals surface area contributed by atoms with Crippen LogP contribution in [0.3, 0.4) is 0 Å². The number of H-pyrrole nitrogens is 1. The van der Waals surface area contributed by atoms with Crippen LogP contribution < -0.4 is 11.1 Å². The molecule has 92 valence electrons. The Hall–Kier alpha value is -1.75. The van der Waals surface area contributed by atoms with Crippen molar-refractivity contribution in [2.24, 2.45) is 5.41 Å². The molecule has 0 saturated heterocycles. The average Bonchev–Trinajstić information content (AvgIpc) is 2.66. The monoisotopic (exact) mass is 236 g/mol. The summed E-state index contributed by atoms with van der Waals surface area (Å²) >= 11 is 0. The number of fused-ring (bicyclic) bond motifs is 1. The molecular weight excluding hydrogens is 220 g/mol. The number of anilines is 1. The summed E-state index contributed by atoms with van der Waals surface area (Å²) < 4.78 is 4.97. The van der Waals surface area contributed by atoms with E-state index in [1.54, 1.807) is 12.1 Å². The lowest BCUT2D eigenvalue weighted by molar-refractivity contribution is 0.171. The van der Waals surface area contributed by atoms with Gasteiger partial charge in [-0.15, -0.1) is 0 Å². The Bertz CT molecular complexity index is 568. The second-order valence-corrected chi connectivity index (χ2v) is 4.90. The zero-order chi connectivity index (χ0) is 12.5. The van der Waals surface area contributed by atoms with Crippen LogP contribution in [0.1, 0.15) is 13.8 Å². The zero-order valence-corrected chi connectivity index (χ0v) is 9.91. The quantitative estimate of drug-likeness (QED) is 0.752. The molecule has 0 spiro atoms. The summed E-state index contributed by atoms with van der Waals surface area (Å²) in [6.45, 7) is 4.69. The number of aromatic amines is 1. The van der Waals surface area contributed by atoms with E-state index >= 15 is 0 Å². The van der Waals surface area contributed by atoms with Crippen LogP contribution in [0.15, 0.2) is 27.4 Å². The van der Waals surface area contributed by atoms with E-state index in [0.717, 1.165) is 5.69 Å². The van der Waals surface area contributed by atoms with Crippen LogP contribution in [-0.2, 0) is 0 Å². The molecular formula is C12H16N2O3. The molecule has 1 aromatic carbocycles. The number of hydrogen-bond acceptors (Lipinski definition) is 4. The first-order valence-electron chi connectivity index (χ1n) is 5.48. The van der Waals surface area contributed by atoms with Crippen molar-refractivity contribution in [2.45, 2.75) is 13.8 Å². The highest BCUT2D eigenvalue weighted by Crippen LogP contribution is 2.19. The highest BCUT2D eigenvalue weighted by Gasteiger charge is 2.15. The predicted molar refractivity (Wildman–Crippen MR) is 66.2 cm³/mol. The molecule has 2 rings (SSSR count). The van der Waals surface area contributed by atoms with E-state index in [1.165, 1.54) is 0 Å². The number of hydrogen-bond donors (Lipinski definition) is 3. The lowest BCUT2D eigenvalue weighted by Gasteiger charge is -2.22. The zero-order valence-electron chi connectivity index (χ0n) is 9.91. The van der Waals surface area contributed by atoms with E-state index in [1.807, 2.05) is 19.9 Å². The molecule has 0 unspecified atom stereocenters. The number of oxazole rings is 1. The van der Waals surface area contributed by atoms with Crippen LogP contribution in [0, 0.1) is 5.41 Å². The van der Waals surface area contributed by atoms with Crippen molar-refractivity contribution in [1.82, 2.24) is 4.98 Å². The summed E-state index contributed by atoms with van der Waals surface area (Å²) in [7, 11) is 0. The lowest BCUT2D eigenvalue weighted by Crippen LogP contribution is -2.26. The Morgan fingerprint density at radius 2 is 2.24 bits per heavy atom. The molecule has 0 radical (unpaired) electrons. The smallest absolute Gasteiger partial charge is 0.408 e. The molecule has 1 aromatic heterocycles. The normalized spacial score (nSPS) is 11.9. The maximum atomic E-state index is 11.0. The van der Waals surface area contributed by atoms with Crippen LogP contribution in [-0.4, -0.2) is 23.2 Å². The van der Waals surface area contributed by atoms with Crippen molar-refractivity contribution in [3.05, 3.63) is 28.7 Å². The fourth-order valence-electron chi connectivity index (χ4n) is 1.45. The minimum Gasteiger partial charge on any atom is -0.408 e. The Morgan fingerprint density at radius 1 is 1.47 bits per heavy atom. The van der Waals surface area contributed by atoms with E-state index in [2.05, 4.69) is 10.3 Å². The Labute approximate surface area is 98.5 Å². The molecule has 5 heteroatoms. The van der Waals surface area contributed by atoms with Gasteiger partial charge in [0, 0.05) is 30.3 Å². The van der Waals surface area contributed by atoms with Crippen molar-refractivity contribution < 1.29 is 9.52 Å². The molecule has 0 saturated carbocycles. The van der Waals surface area contributed by atoms with Gasteiger partial charge in [0.2, 0.25) is 0 Å². The minimum atomic E-state index is -0.451. The van der Waals surface area contributed by atoms with Crippen LogP contribution in [0.2, 0.25) is 0 Å². The van der Waals surface area contributed by atoms with Gasteiger partial charge in [-0.05, 0) is 12.1 Å². The molecule has 0 amide bonds. The Balaban J connectivity index is 2.17. The van der Waals surface area contributed by atoms with Crippen molar-refractivity contribution >= 4 is 16.8 Å². The summed E-state index contributed by atoms with van der Waals surface area (Å²) in [5.41, 5.74) is 1.89. The maximum absolute atomic E-state index is 11.0. The molecule has 2 aromatic rings. The summed E-state index contributed by atoms with van der Waals surface area (Å²) in [5.74, 6) is -0.451. The van der Waals surface area contributed by atoms with Crippen LogP contribution >= 0.6 is 0 Å². The maximum Gasteiger partial charge on any atom is 0.417 e. The van der Waals surface area contributed by atoms with Crippen molar-refractivity contribution in [2.75, 3.05) is 18.5 Å².